The van der Waals surface area contributed by atoms with E-state index in [1.165, 1.54) is 0 Å². The molecule has 0 aromatic carbocycles. The molecule has 21 heavy (non-hydrogen) atoms. The number of aliphatic hydroxyl groups excluding tert-OH is 3. The van der Waals surface area contributed by atoms with Gasteiger partial charge in [-0.15, -0.1) is 0 Å². The minimum Gasteiger partial charge on any atom is -0.388 e. The van der Waals surface area contributed by atoms with Crippen molar-refractivity contribution in [2.75, 3.05) is 6.54 Å². The zero-order valence-corrected chi connectivity index (χ0v) is 12.9. The Labute approximate surface area is 129 Å². The summed E-state index contributed by atoms with van der Waals surface area (Å²) in [7, 11) is 0. The van der Waals surface area contributed by atoms with Crippen LogP contribution in [0.2, 0.25) is 0 Å². The second-order valence-electron chi connectivity index (χ2n) is 5.89. The van der Waals surface area contributed by atoms with Gasteiger partial charge in [0.15, 0.2) is 6.29 Å². The summed E-state index contributed by atoms with van der Waals surface area (Å²) in [4.78, 5) is 3.97. The first-order valence-corrected chi connectivity index (χ1v) is 7.82. The molecule has 0 amide bonds. The molecule has 2 rings (SSSR count). The molecule has 5 unspecified atom stereocenters. The molecule has 5 atom stereocenters. The van der Waals surface area contributed by atoms with Crippen molar-refractivity contribution in [1.82, 2.24) is 0 Å². The van der Waals surface area contributed by atoms with Crippen LogP contribution >= 0.6 is 12.2 Å². The van der Waals surface area contributed by atoms with E-state index in [4.69, 9.17) is 9.47 Å². The van der Waals surface area contributed by atoms with Gasteiger partial charge in [0.25, 0.3) is 0 Å². The molecule has 1 saturated heterocycles. The van der Waals surface area contributed by atoms with E-state index >= 15 is 0 Å². The maximum absolute atomic E-state index is 9.93. The van der Waals surface area contributed by atoms with Crippen LogP contribution in [0.4, 0.5) is 0 Å². The van der Waals surface area contributed by atoms with E-state index in [0.29, 0.717) is 12.5 Å². The molecule has 0 aromatic heterocycles. The monoisotopic (exact) mass is 317 g/mol. The first-order chi connectivity index (χ1) is 10.0. The second kappa shape index (κ2) is 7.74. The number of aliphatic hydroxyl groups is 3. The largest absolute Gasteiger partial charge is 0.388 e. The highest BCUT2D eigenvalue weighted by Gasteiger charge is 2.43. The molecule has 6 nitrogen and oxygen atoms in total. The van der Waals surface area contributed by atoms with Gasteiger partial charge in [-0.05, 0) is 50.7 Å². The number of thiocarbonyl (C=S) groups is 1. The fraction of sp³-hybridized carbons (Fsp3) is 0.929. The van der Waals surface area contributed by atoms with Gasteiger partial charge in [-0.2, -0.15) is 0 Å². The number of rotatable bonds is 4. The SMILES string of the molecule is CC1OC(OC2CCC(CN=C=S)CC2)C(O)C(O)C1O. The number of aliphatic imine (C=N–C) groups is 1. The van der Waals surface area contributed by atoms with Gasteiger partial charge >= 0.3 is 0 Å². The first kappa shape index (κ1) is 17.0. The van der Waals surface area contributed by atoms with Crippen molar-refractivity contribution < 1.29 is 24.8 Å². The Balaban J connectivity index is 1.81. The Morgan fingerprint density at radius 1 is 1.14 bits per heavy atom. The van der Waals surface area contributed by atoms with Crippen LogP contribution in [-0.2, 0) is 9.47 Å². The van der Waals surface area contributed by atoms with Crippen molar-refractivity contribution in [3.63, 3.8) is 0 Å². The number of hydrogen-bond acceptors (Lipinski definition) is 7. The third-order valence-corrected chi connectivity index (χ3v) is 4.47. The molecular weight excluding hydrogens is 294 g/mol. The van der Waals surface area contributed by atoms with Crippen LogP contribution in [0.5, 0.6) is 0 Å². The van der Waals surface area contributed by atoms with Crippen LogP contribution in [0.3, 0.4) is 0 Å². The lowest BCUT2D eigenvalue weighted by Gasteiger charge is -2.41. The summed E-state index contributed by atoms with van der Waals surface area (Å²) in [5.41, 5.74) is 0. The minimum absolute atomic E-state index is 0.00740. The van der Waals surface area contributed by atoms with Crippen LogP contribution in [0.1, 0.15) is 32.6 Å². The summed E-state index contributed by atoms with van der Waals surface area (Å²) in [6.07, 6.45) is -1.35. The van der Waals surface area contributed by atoms with E-state index in [-0.39, 0.29) is 6.10 Å². The quantitative estimate of drug-likeness (QED) is 0.516. The van der Waals surface area contributed by atoms with E-state index in [1.54, 1.807) is 6.92 Å². The van der Waals surface area contributed by atoms with Crippen molar-refractivity contribution in [2.24, 2.45) is 10.9 Å². The standard InChI is InChI=1S/C14H23NO5S/c1-8-11(16)12(17)13(18)14(19-8)20-10-4-2-9(3-5-10)6-15-7-21/h8-14,16-18H,2-6H2,1H3. The molecule has 3 N–H and O–H groups in total. The van der Waals surface area contributed by atoms with Crippen LogP contribution in [0, 0.1) is 5.92 Å². The summed E-state index contributed by atoms with van der Waals surface area (Å²) in [5.74, 6) is 0.504. The van der Waals surface area contributed by atoms with Crippen molar-refractivity contribution in [1.29, 1.82) is 0 Å². The van der Waals surface area contributed by atoms with Crippen molar-refractivity contribution in [2.45, 2.75) is 69.4 Å². The average molecular weight is 317 g/mol. The van der Waals surface area contributed by atoms with Crippen LogP contribution in [0.25, 0.3) is 0 Å². The lowest BCUT2D eigenvalue weighted by Crippen LogP contribution is -2.58. The number of nitrogens with zero attached hydrogens (tertiary/aromatic N) is 1. The van der Waals surface area contributed by atoms with E-state index in [0.717, 1.165) is 25.7 Å². The zero-order chi connectivity index (χ0) is 15.4. The fourth-order valence-electron chi connectivity index (χ4n) is 2.93. The average Bonchev–Trinajstić information content (AvgIpc) is 2.50. The summed E-state index contributed by atoms with van der Waals surface area (Å²) in [6, 6.07) is 0. The first-order valence-electron chi connectivity index (χ1n) is 7.41. The molecular formula is C14H23NO5S. The van der Waals surface area contributed by atoms with Gasteiger partial charge < -0.3 is 24.8 Å². The van der Waals surface area contributed by atoms with E-state index in [1.807, 2.05) is 0 Å². The lowest BCUT2D eigenvalue weighted by molar-refractivity contribution is -0.306. The van der Waals surface area contributed by atoms with Gasteiger partial charge in [-0.1, -0.05) is 0 Å². The predicted molar refractivity (Wildman–Crippen MR) is 79.1 cm³/mol. The normalized spacial score (nSPS) is 44.1. The van der Waals surface area contributed by atoms with E-state index in [9.17, 15) is 15.3 Å². The molecule has 1 aliphatic heterocycles. The summed E-state index contributed by atoms with van der Waals surface area (Å²) in [5, 5.41) is 31.7. The molecule has 7 heteroatoms. The van der Waals surface area contributed by atoms with Gasteiger partial charge in [0, 0.05) is 0 Å². The maximum Gasteiger partial charge on any atom is 0.186 e. The van der Waals surface area contributed by atoms with Gasteiger partial charge in [-0.25, -0.2) is 4.99 Å². The topological polar surface area (TPSA) is 91.5 Å². The minimum atomic E-state index is -1.24. The predicted octanol–water partition coefficient (Wildman–Crippen LogP) is 0.492. The third kappa shape index (κ3) is 4.29. The van der Waals surface area contributed by atoms with Crippen molar-refractivity contribution in [3.8, 4) is 0 Å². The Morgan fingerprint density at radius 3 is 2.43 bits per heavy atom. The van der Waals surface area contributed by atoms with Crippen molar-refractivity contribution >= 4 is 17.4 Å². The van der Waals surface area contributed by atoms with Crippen molar-refractivity contribution in [3.05, 3.63) is 0 Å². The Bertz CT molecular complexity index is 382. The molecule has 1 saturated carbocycles. The summed E-state index contributed by atoms with van der Waals surface area (Å²) >= 11 is 4.57. The Hall–Kier alpha value is -0.400. The highest BCUT2D eigenvalue weighted by atomic mass is 32.1. The molecule has 120 valence electrons. The molecule has 1 aliphatic carbocycles. The van der Waals surface area contributed by atoms with Crippen LogP contribution in [0.15, 0.2) is 4.99 Å². The molecule has 0 radical (unpaired) electrons. The van der Waals surface area contributed by atoms with Crippen LogP contribution in [-0.4, -0.2) is 63.8 Å². The maximum atomic E-state index is 9.93. The smallest absolute Gasteiger partial charge is 0.186 e. The molecule has 2 aliphatic rings. The third-order valence-electron chi connectivity index (χ3n) is 4.34. The molecule has 1 heterocycles. The number of isothiocyanates is 1. The Kier molecular flexibility index (Phi) is 6.25. The summed E-state index contributed by atoms with van der Waals surface area (Å²) in [6.45, 7) is 2.36. The number of ether oxygens (including phenoxy) is 2. The highest BCUT2D eigenvalue weighted by Crippen LogP contribution is 2.30. The molecule has 0 bridgehead atoms. The highest BCUT2D eigenvalue weighted by molar-refractivity contribution is 7.78. The van der Waals surface area contributed by atoms with Gasteiger partial charge in [0.05, 0.1) is 23.9 Å². The van der Waals surface area contributed by atoms with E-state index < -0.39 is 30.7 Å². The van der Waals surface area contributed by atoms with Gasteiger partial charge in [0.1, 0.15) is 18.3 Å². The lowest BCUT2D eigenvalue weighted by atomic mass is 9.87. The number of hydrogen-bond donors (Lipinski definition) is 3. The van der Waals surface area contributed by atoms with Crippen LogP contribution < -0.4 is 0 Å². The zero-order valence-electron chi connectivity index (χ0n) is 12.1. The molecule has 0 aromatic rings. The second-order valence-corrected chi connectivity index (χ2v) is 6.07. The summed E-state index contributed by atoms with van der Waals surface area (Å²) < 4.78 is 11.2. The molecule has 0 spiro atoms. The van der Waals surface area contributed by atoms with E-state index in [2.05, 4.69) is 22.4 Å². The van der Waals surface area contributed by atoms with Gasteiger partial charge in [-0.3, -0.25) is 0 Å². The Morgan fingerprint density at radius 2 is 1.81 bits per heavy atom. The van der Waals surface area contributed by atoms with Gasteiger partial charge in [0.2, 0.25) is 0 Å². The fourth-order valence-corrected chi connectivity index (χ4v) is 3.01. The molecule has 2 fully saturated rings.